The third kappa shape index (κ3) is 4.76. The van der Waals surface area contributed by atoms with Crippen LogP contribution in [0.1, 0.15) is 27.2 Å². The Labute approximate surface area is 161 Å². The van der Waals surface area contributed by atoms with Crippen molar-refractivity contribution in [2.45, 2.75) is 38.1 Å². The molecular weight excluding hydrogens is 374 g/mol. The summed E-state index contributed by atoms with van der Waals surface area (Å²) >= 11 is 6.05. The van der Waals surface area contributed by atoms with Crippen molar-refractivity contribution in [1.29, 1.82) is 0 Å². The highest BCUT2D eigenvalue weighted by atomic mass is 35.5. The molecule has 0 saturated carbocycles. The Kier molecular flexibility index (Phi) is 6.71. The summed E-state index contributed by atoms with van der Waals surface area (Å²) < 4.78 is 25.8. The van der Waals surface area contributed by atoms with Crippen molar-refractivity contribution in [3.8, 4) is 0 Å². The first-order chi connectivity index (χ1) is 12.0. The third-order valence-electron chi connectivity index (χ3n) is 4.78. The second-order valence-electron chi connectivity index (χ2n) is 7.50. The molecule has 1 aliphatic rings. The maximum absolute atomic E-state index is 12.7. The van der Waals surface area contributed by atoms with Gasteiger partial charge >= 0.3 is 0 Å². The number of carbonyl (C=O) groups excluding carboxylic acids is 1. The van der Waals surface area contributed by atoms with E-state index in [-0.39, 0.29) is 21.9 Å². The van der Waals surface area contributed by atoms with Crippen LogP contribution in [0.25, 0.3) is 0 Å². The summed E-state index contributed by atoms with van der Waals surface area (Å²) in [4.78, 5) is 14.8. The van der Waals surface area contributed by atoms with Gasteiger partial charge in [-0.3, -0.25) is 9.69 Å². The van der Waals surface area contributed by atoms with Crippen molar-refractivity contribution in [2.75, 3.05) is 32.5 Å². The van der Waals surface area contributed by atoms with Crippen LogP contribution in [0.2, 0.25) is 5.02 Å². The van der Waals surface area contributed by atoms with E-state index in [2.05, 4.69) is 24.1 Å². The number of nitrogens with zero attached hydrogens (tertiary/aromatic N) is 2. The van der Waals surface area contributed by atoms with Crippen molar-refractivity contribution in [1.82, 2.24) is 9.21 Å². The molecule has 26 heavy (non-hydrogen) atoms. The predicted molar refractivity (Wildman–Crippen MR) is 105 cm³/mol. The van der Waals surface area contributed by atoms with Gasteiger partial charge in [0, 0.05) is 32.9 Å². The lowest BCUT2D eigenvalue weighted by molar-refractivity contribution is -0.121. The largest absolute Gasteiger partial charge is 0.325 e. The van der Waals surface area contributed by atoms with Gasteiger partial charge in [0.15, 0.2) is 0 Å². The summed E-state index contributed by atoms with van der Waals surface area (Å²) in [6.07, 6.45) is 1.17. The number of sulfonamides is 1. The van der Waals surface area contributed by atoms with Gasteiger partial charge in [-0.25, -0.2) is 12.7 Å². The fraction of sp³-hybridized carbons (Fsp3) is 0.611. The summed E-state index contributed by atoms with van der Waals surface area (Å²) in [7, 11) is -0.797. The molecule has 0 unspecified atom stereocenters. The molecule has 1 fully saturated rings. The van der Waals surface area contributed by atoms with Crippen LogP contribution >= 0.6 is 11.6 Å². The zero-order valence-corrected chi connectivity index (χ0v) is 17.6. The molecule has 1 aliphatic heterocycles. The number of hydrogen-bond acceptors (Lipinski definition) is 4. The molecule has 1 heterocycles. The third-order valence-corrected chi connectivity index (χ3v) is 7.08. The van der Waals surface area contributed by atoms with E-state index >= 15 is 0 Å². The van der Waals surface area contributed by atoms with E-state index in [1.165, 1.54) is 32.6 Å². The lowest BCUT2D eigenvalue weighted by Crippen LogP contribution is -2.48. The minimum Gasteiger partial charge on any atom is -0.325 e. The van der Waals surface area contributed by atoms with Gasteiger partial charge in [-0.1, -0.05) is 25.4 Å². The van der Waals surface area contributed by atoms with E-state index in [4.69, 9.17) is 11.6 Å². The molecule has 1 N–H and O–H groups in total. The minimum absolute atomic E-state index is 0.0187. The molecule has 3 atom stereocenters. The van der Waals surface area contributed by atoms with E-state index in [1.807, 2.05) is 6.92 Å². The van der Waals surface area contributed by atoms with Crippen LogP contribution in [0.5, 0.6) is 0 Å². The van der Waals surface area contributed by atoms with E-state index < -0.39 is 10.0 Å². The Bertz CT molecular complexity index is 757. The zero-order valence-electron chi connectivity index (χ0n) is 16.0. The standard InChI is InChI=1S/C18H28ClN3O3S/c1-12-8-13(2)11-22(10-12)14(3)18(23)20-15-6-7-16(19)17(9-15)26(24,25)21(4)5/h6-7,9,12-14H,8,10-11H2,1-5H3,(H,20,23)/t12-,13+,14-/m1/s1. The van der Waals surface area contributed by atoms with Crippen LogP contribution in [0.3, 0.4) is 0 Å². The number of halogens is 1. The maximum atomic E-state index is 12.7. The average molecular weight is 402 g/mol. The number of anilines is 1. The Morgan fingerprint density at radius 2 is 1.85 bits per heavy atom. The van der Waals surface area contributed by atoms with Gasteiger partial charge in [0.1, 0.15) is 4.90 Å². The molecule has 0 aliphatic carbocycles. The van der Waals surface area contributed by atoms with Gasteiger partial charge in [-0.05, 0) is 43.4 Å². The van der Waals surface area contributed by atoms with Crippen LogP contribution < -0.4 is 5.32 Å². The van der Waals surface area contributed by atoms with Crippen molar-refractivity contribution in [2.24, 2.45) is 11.8 Å². The molecule has 0 bridgehead atoms. The molecule has 1 amide bonds. The van der Waals surface area contributed by atoms with Crippen LogP contribution in [0.4, 0.5) is 5.69 Å². The highest BCUT2D eigenvalue weighted by Crippen LogP contribution is 2.27. The van der Waals surface area contributed by atoms with Gasteiger partial charge < -0.3 is 5.32 Å². The quantitative estimate of drug-likeness (QED) is 0.823. The van der Waals surface area contributed by atoms with E-state index in [9.17, 15) is 13.2 Å². The summed E-state index contributed by atoms with van der Waals surface area (Å²) in [5.74, 6) is 0.963. The maximum Gasteiger partial charge on any atom is 0.244 e. The van der Waals surface area contributed by atoms with Crippen molar-refractivity contribution < 1.29 is 13.2 Å². The van der Waals surface area contributed by atoms with Gasteiger partial charge in [0.2, 0.25) is 15.9 Å². The summed E-state index contributed by atoms with van der Waals surface area (Å²) in [6, 6.07) is 4.22. The smallest absolute Gasteiger partial charge is 0.244 e. The van der Waals surface area contributed by atoms with Crippen molar-refractivity contribution in [3.63, 3.8) is 0 Å². The number of nitrogens with one attached hydrogen (secondary N) is 1. The number of amides is 1. The Morgan fingerprint density at radius 1 is 1.27 bits per heavy atom. The van der Waals surface area contributed by atoms with Crippen LogP contribution in [-0.2, 0) is 14.8 Å². The summed E-state index contributed by atoms with van der Waals surface area (Å²) in [6.45, 7) is 8.06. The number of hydrogen-bond donors (Lipinski definition) is 1. The zero-order chi connectivity index (χ0) is 19.6. The summed E-state index contributed by atoms with van der Waals surface area (Å²) in [5, 5.41) is 2.95. The highest BCUT2D eigenvalue weighted by Gasteiger charge is 2.29. The van der Waals surface area contributed by atoms with Gasteiger partial charge in [-0.15, -0.1) is 0 Å². The molecule has 1 aromatic rings. The first-order valence-corrected chi connectivity index (χ1v) is 10.6. The fourth-order valence-corrected chi connectivity index (χ4v) is 4.81. The topological polar surface area (TPSA) is 69.7 Å². The number of likely N-dealkylation sites (tertiary alicyclic amines) is 1. The highest BCUT2D eigenvalue weighted by molar-refractivity contribution is 7.89. The van der Waals surface area contributed by atoms with E-state index in [0.29, 0.717) is 17.5 Å². The normalized spacial score (nSPS) is 23.0. The van der Waals surface area contributed by atoms with Gasteiger partial charge in [-0.2, -0.15) is 0 Å². The molecule has 6 nitrogen and oxygen atoms in total. The fourth-order valence-electron chi connectivity index (χ4n) is 3.42. The minimum atomic E-state index is -3.68. The average Bonchev–Trinajstić information content (AvgIpc) is 2.54. The van der Waals surface area contributed by atoms with Crippen LogP contribution in [0, 0.1) is 11.8 Å². The van der Waals surface area contributed by atoms with Crippen molar-refractivity contribution in [3.05, 3.63) is 23.2 Å². The molecule has 146 valence electrons. The molecule has 2 rings (SSSR count). The Balaban J connectivity index is 2.16. The molecule has 1 saturated heterocycles. The van der Waals surface area contributed by atoms with Crippen molar-refractivity contribution >= 4 is 33.2 Å². The van der Waals surface area contributed by atoms with Crippen LogP contribution in [-0.4, -0.2) is 56.8 Å². The number of carbonyl (C=O) groups is 1. The lowest BCUT2D eigenvalue weighted by Gasteiger charge is -2.38. The second kappa shape index (κ2) is 8.25. The molecule has 0 spiro atoms. The first-order valence-electron chi connectivity index (χ1n) is 8.79. The number of rotatable bonds is 5. The van der Waals surface area contributed by atoms with E-state index in [0.717, 1.165) is 17.4 Å². The summed E-state index contributed by atoms with van der Waals surface area (Å²) in [5.41, 5.74) is 0.421. The number of piperidine rings is 1. The van der Waals surface area contributed by atoms with Crippen LogP contribution in [0.15, 0.2) is 23.1 Å². The predicted octanol–water partition coefficient (Wildman–Crippen LogP) is 2.90. The molecule has 0 aromatic heterocycles. The first kappa shape index (κ1) is 21.2. The SMILES string of the molecule is C[C@@H]1C[C@H](C)CN([C@H](C)C(=O)Nc2ccc(Cl)c(S(=O)(=O)N(C)C)c2)C1. The monoisotopic (exact) mass is 401 g/mol. The Morgan fingerprint density at radius 3 is 2.38 bits per heavy atom. The van der Waals surface area contributed by atoms with Gasteiger partial charge in [0.05, 0.1) is 11.1 Å². The van der Waals surface area contributed by atoms with E-state index in [1.54, 1.807) is 6.07 Å². The lowest BCUT2D eigenvalue weighted by atomic mass is 9.91. The molecular formula is C18H28ClN3O3S. The molecule has 1 aromatic carbocycles. The number of benzene rings is 1. The molecule has 0 radical (unpaired) electrons. The van der Waals surface area contributed by atoms with Gasteiger partial charge in [0.25, 0.3) is 0 Å². The molecule has 8 heteroatoms. The Hall–Kier alpha value is -1.15. The second-order valence-corrected chi connectivity index (χ2v) is 10.0.